The number of carboxylic acids is 1. The molecule has 0 aliphatic carbocycles. The monoisotopic (exact) mass is 278 g/mol. The van der Waals surface area contributed by atoms with Gasteiger partial charge in [0.2, 0.25) is 0 Å². The molecular weight excluding hydrogens is 256 g/mol. The number of carboxylic acid groups (broad SMARTS) is 1. The molecule has 0 heterocycles. The summed E-state index contributed by atoms with van der Waals surface area (Å²) in [6.07, 6.45) is 0.802. The van der Waals surface area contributed by atoms with E-state index >= 15 is 0 Å². The smallest absolute Gasteiger partial charge is 0.337 e. The van der Waals surface area contributed by atoms with E-state index in [-0.39, 0.29) is 17.1 Å². The Morgan fingerprint density at radius 2 is 1.95 bits per heavy atom. The predicted molar refractivity (Wildman–Crippen MR) is 79.3 cm³/mol. The van der Waals surface area contributed by atoms with Gasteiger partial charge in [0.15, 0.2) is 0 Å². The summed E-state index contributed by atoms with van der Waals surface area (Å²) in [6, 6.07) is 4.60. The zero-order chi connectivity index (χ0) is 15.5. The number of nitrogens with one attached hydrogen (secondary N) is 1. The van der Waals surface area contributed by atoms with Crippen molar-refractivity contribution in [2.24, 2.45) is 0 Å². The number of para-hydroxylation sites is 1. The lowest BCUT2D eigenvalue weighted by atomic mass is 10.0. The highest BCUT2D eigenvalue weighted by atomic mass is 16.4. The Labute approximate surface area is 119 Å². The summed E-state index contributed by atoms with van der Waals surface area (Å²) in [7, 11) is 1.71. The fourth-order valence-corrected chi connectivity index (χ4v) is 1.71. The summed E-state index contributed by atoms with van der Waals surface area (Å²) in [5, 5.41) is 11.9. The number of hydrogen-bond donors (Lipinski definition) is 2. The number of urea groups is 1. The minimum atomic E-state index is -1.05. The quantitative estimate of drug-likeness (QED) is 0.887. The Morgan fingerprint density at radius 3 is 2.45 bits per heavy atom. The first-order chi connectivity index (χ1) is 9.20. The van der Waals surface area contributed by atoms with Crippen molar-refractivity contribution < 1.29 is 14.7 Å². The lowest BCUT2D eigenvalue weighted by molar-refractivity contribution is 0.0698. The van der Waals surface area contributed by atoms with E-state index in [9.17, 15) is 14.7 Å². The molecule has 0 saturated heterocycles. The van der Waals surface area contributed by atoms with Crippen molar-refractivity contribution in [3.8, 4) is 0 Å². The third-order valence-electron chi connectivity index (χ3n) is 3.81. The number of rotatable bonds is 4. The largest absolute Gasteiger partial charge is 0.478 e. The average Bonchev–Trinajstić information content (AvgIpc) is 2.39. The van der Waals surface area contributed by atoms with Crippen LogP contribution in [0.15, 0.2) is 18.2 Å². The van der Waals surface area contributed by atoms with Gasteiger partial charge in [-0.1, -0.05) is 19.1 Å². The molecule has 0 unspecified atom stereocenters. The lowest BCUT2D eigenvalue weighted by Crippen LogP contribution is -2.46. The maximum Gasteiger partial charge on any atom is 0.337 e. The van der Waals surface area contributed by atoms with Crippen molar-refractivity contribution in [2.75, 3.05) is 12.4 Å². The van der Waals surface area contributed by atoms with Gasteiger partial charge >= 0.3 is 12.0 Å². The molecule has 0 bridgehead atoms. The van der Waals surface area contributed by atoms with E-state index in [0.717, 1.165) is 12.0 Å². The summed E-state index contributed by atoms with van der Waals surface area (Å²) in [4.78, 5) is 25.1. The third-order valence-corrected chi connectivity index (χ3v) is 3.81. The Kier molecular flexibility index (Phi) is 4.76. The van der Waals surface area contributed by atoms with Crippen LogP contribution >= 0.6 is 0 Å². The molecule has 1 rings (SSSR count). The third kappa shape index (κ3) is 3.29. The van der Waals surface area contributed by atoms with Gasteiger partial charge in [-0.3, -0.25) is 0 Å². The summed E-state index contributed by atoms with van der Waals surface area (Å²) in [5.41, 5.74) is 0.877. The molecule has 0 atom stereocenters. The second-order valence-corrected chi connectivity index (χ2v) is 5.46. The predicted octanol–water partition coefficient (Wildman–Crippen LogP) is 3.35. The summed E-state index contributed by atoms with van der Waals surface area (Å²) < 4.78 is 0. The van der Waals surface area contributed by atoms with Gasteiger partial charge in [0.25, 0.3) is 0 Å². The maximum absolute atomic E-state index is 12.3. The molecule has 0 spiro atoms. The standard InChI is InChI=1S/C15H22N2O3/c1-6-15(3,4)17(5)14(20)16-12-10(2)8-7-9-11(12)13(18)19/h7-9H,6H2,1-5H3,(H,16,20)(H,18,19). The molecule has 0 fully saturated rings. The Morgan fingerprint density at radius 1 is 1.35 bits per heavy atom. The summed E-state index contributed by atoms with van der Waals surface area (Å²) >= 11 is 0. The number of carbonyl (C=O) groups excluding carboxylic acids is 1. The molecular formula is C15H22N2O3. The van der Waals surface area contributed by atoms with E-state index in [1.807, 2.05) is 20.8 Å². The molecule has 2 N–H and O–H groups in total. The van der Waals surface area contributed by atoms with Crippen LogP contribution in [0.1, 0.15) is 43.1 Å². The molecule has 20 heavy (non-hydrogen) atoms. The topological polar surface area (TPSA) is 69.6 Å². The van der Waals surface area contributed by atoms with Crippen molar-refractivity contribution in [3.63, 3.8) is 0 Å². The van der Waals surface area contributed by atoms with E-state index in [0.29, 0.717) is 5.69 Å². The highest BCUT2D eigenvalue weighted by Gasteiger charge is 2.26. The van der Waals surface area contributed by atoms with Crippen LogP contribution < -0.4 is 5.32 Å². The molecule has 5 heteroatoms. The van der Waals surface area contributed by atoms with Crippen LogP contribution in [0.2, 0.25) is 0 Å². The fraction of sp³-hybridized carbons (Fsp3) is 0.467. The van der Waals surface area contributed by atoms with Crippen LogP contribution in [0.3, 0.4) is 0 Å². The fourth-order valence-electron chi connectivity index (χ4n) is 1.71. The van der Waals surface area contributed by atoms with Crippen LogP contribution in [0.5, 0.6) is 0 Å². The minimum absolute atomic E-state index is 0.0982. The van der Waals surface area contributed by atoms with Crippen molar-refractivity contribution in [3.05, 3.63) is 29.3 Å². The van der Waals surface area contributed by atoms with Gasteiger partial charge in [0, 0.05) is 12.6 Å². The summed E-state index contributed by atoms with van der Waals surface area (Å²) in [6.45, 7) is 7.69. The lowest BCUT2D eigenvalue weighted by Gasteiger charge is -2.35. The van der Waals surface area contributed by atoms with Crippen molar-refractivity contribution in [1.29, 1.82) is 0 Å². The van der Waals surface area contributed by atoms with Crippen LogP contribution in [0, 0.1) is 6.92 Å². The molecule has 110 valence electrons. The number of aromatic carboxylic acids is 1. The SMILES string of the molecule is CCC(C)(C)N(C)C(=O)Nc1c(C)cccc1C(=O)O. The van der Waals surface area contributed by atoms with Crippen molar-refractivity contribution >= 4 is 17.7 Å². The normalized spacial score (nSPS) is 11.1. The van der Waals surface area contributed by atoms with Gasteiger partial charge in [-0.2, -0.15) is 0 Å². The second kappa shape index (κ2) is 5.94. The second-order valence-electron chi connectivity index (χ2n) is 5.46. The number of hydrogen-bond acceptors (Lipinski definition) is 2. The zero-order valence-corrected chi connectivity index (χ0v) is 12.7. The Balaban J connectivity index is 3.05. The van der Waals surface area contributed by atoms with Gasteiger partial charge in [-0.25, -0.2) is 9.59 Å². The number of aryl methyl sites for hydroxylation is 1. The van der Waals surface area contributed by atoms with Gasteiger partial charge in [0.05, 0.1) is 11.3 Å². The molecule has 0 aromatic heterocycles. The highest BCUT2D eigenvalue weighted by molar-refractivity contribution is 6.01. The molecule has 0 aliphatic heterocycles. The van der Waals surface area contributed by atoms with Gasteiger partial charge in [0.1, 0.15) is 0 Å². The number of anilines is 1. The van der Waals surface area contributed by atoms with Gasteiger partial charge < -0.3 is 15.3 Å². The van der Waals surface area contributed by atoms with Gasteiger partial charge in [-0.05, 0) is 38.8 Å². The molecule has 1 aromatic carbocycles. The van der Waals surface area contributed by atoms with Crippen molar-refractivity contribution in [2.45, 2.75) is 39.7 Å². The molecule has 5 nitrogen and oxygen atoms in total. The molecule has 0 saturated carbocycles. The van der Waals surface area contributed by atoms with Crippen LogP contribution in [0.25, 0.3) is 0 Å². The molecule has 0 aliphatic rings. The Hall–Kier alpha value is -2.04. The van der Waals surface area contributed by atoms with Crippen LogP contribution in [-0.4, -0.2) is 34.6 Å². The maximum atomic E-state index is 12.3. The first-order valence-electron chi connectivity index (χ1n) is 6.58. The van der Waals surface area contributed by atoms with Gasteiger partial charge in [-0.15, -0.1) is 0 Å². The van der Waals surface area contributed by atoms with E-state index in [1.165, 1.54) is 6.07 Å². The van der Waals surface area contributed by atoms with Crippen molar-refractivity contribution in [1.82, 2.24) is 4.90 Å². The molecule has 1 aromatic rings. The van der Waals surface area contributed by atoms with E-state index in [2.05, 4.69) is 5.32 Å². The number of benzene rings is 1. The van der Waals surface area contributed by atoms with E-state index < -0.39 is 5.97 Å². The number of amides is 2. The van der Waals surface area contributed by atoms with E-state index in [4.69, 9.17) is 0 Å². The number of carbonyl (C=O) groups is 2. The highest BCUT2D eigenvalue weighted by Crippen LogP contribution is 2.23. The molecule has 2 amide bonds. The zero-order valence-electron chi connectivity index (χ0n) is 12.7. The van der Waals surface area contributed by atoms with Crippen LogP contribution in [-0.2, 0) is 0 Å². The first kappa shape index (κ1) is 16.0. The number of nitrogens with zero attached hydrogens (tertiary/aromatic N) is 1. The summed E-state index contributed by atoms with van der Waals surface area (Å²) in [5.74, 6) is -1.05. The van der Waals surface area contributed by atoms with E-state index in [1.54, 1.807) is 31.0 Å². The first-order valence-corrected chi connectivity index (χ1v) is 6.58. The minimum Gasteiger partial charge on any atom is -0.478 e. The average molecular weight is 278 g/mol. The van der Waals surface area contributed by atoms with Crippen LogP contribution in [0.4, 0.5) is 10.5 Å². The Bertz CT molecular complexity index is 524. The molecule has 0 radical (unpaired) electrons.